The van der Waals surface area contributed by atoms with Crippen LogP contribution in [0.25, 0.3) is 0 Å². The molecule has 0 spiro atoms. The van der Waals surface area contributed by atoms with Crippen molar-refractivity contribution in [3.8, 4) is 0 Å². The molecule has 0 N–H and O–H groups in total. The van der Waals surface area contributed by atoms with E-state index in [1.807, 2.05) is 0 Å². The predicted octanol–water partition coefficient (Wildman–Crippen LogP) is 0.874. The standard InChI is InChI=1S/C5H3BrO2S/c6-4-3(5(7)8)1-2-9-4/h1-2H,(H,7,8)/p-1. The number of thiophene rings is 1. The number of carboxylic acid groups (broad SMARTS) is 1. The Kier molecular flexibility index (Phi) is 1.87. The van der Waals surface area contributed by atoms with Gasteiger partial charge in [-0.05, 0) is 27.4 Å². The average molecular weight is 206 g/mol. The number of rotatable bonds is 1. The first kappa shape index (κ1) is 6.77. The van der Waals surface area contributed by atoms with Gasteiger partial charge in [-0.25, -0.2) is 0 Å². The van der Waals surface area contributed by atoms with Gasteiger partial charge in [0.25, 0.3) is 0 Å². The summed E-state index contributed by atoms with van der Waals surface area (Å²) < 4.78 is 0.613. The normalized spacial score (nSPS) is 9.44. The molecular weight excluding hydrogens is 204 g/mol. The molecule has 9 heavy (non-hydrogen) atoms. The summed E-state index contributed by atoms with van der Waals surface area (Å²) in [5.41, 5.74) is 0.222. The molecule has 0 atom stereocenters. The lowest BCUT2D eigenvalue weighted by Gasteiger charge is -1.95. The third-order valence-corrected chi connectivity index (χ3v) is 2.52. The fourth-order valence-electron chi connectivity index (χ4n) is 0.439. The highest BCUT2D eigenvalue weighted by Gasteiger charge is 1.98. The second-order valence-electron chi connectivity index (χ2n) is 1.40. The zero-order valence-corrected chi connectivity index (χ0v) is 6.66. The van der Waals surface area contributed by atoms with Gasteiger partial charge in [-0.2, -0.15) is 0 Å². The van der Waals surface area contributed by atoms with E-state index in [1.54, 1.807) is 5.38 Å². The molecule has 0 bridgehead atoms. The van der Waals surface area contributed by atoms with E-state index in [9.17, 15) is 9.90 Å². The number of carbonyl (C=O) groups is 1. The van der Waals surface area contributed by atoms with Crippen molar-refractivity contribution in [2.45, 2.75) is 0 Å². The van der Waals surface area contributed by atoms with Gasteiger partial charge < -0.3 is 9.90 Å². The molecular formula is C5H2BrO2S-. The summed E-state index contributed by atoms with van der Waals surface area (Å²) in [7, 11) is 0. The number of carbonyl (C=O) groups excluding carboxylic acids is 1. The monoisotopic (exact) mass is 205 g/mol. The summed E-state index contributed by atoms with van der Waals surface area (Å²) in [5, 5.41) is 11.8. The highest BCUT2D eigenvalue weighted by molar-refractivity contribution is 9.11. The maximum atomic E-state index is 10.1. The minimum Gasteiger partial charge on any atom is -0.545 e. The van der Waals surface area contributed by atoms with Gasteiger partial charge in [-0.15, -0.1) is 11.3 Å². The van der Waals surface area contributed by atoms with Crippen LogP contribution in [-0.4, -0.2) is 5.97 Å². The Bertz CT molecular complexity index is 231. The molecule has 4 heteroatoms. The fraction of sp³-hybridized carbons (Fsp3) is 0. The number of halogens is 1. The largest absolute Gasteiger partial charge is 0.545 e. The molecule has 0 aromatic carbocycles. The first-order valence-electron chi connectivity index (χ1n) is 2.16. The molecule has 0 unspecified atom stereocenters. The van der Waals surface area contributed by atoms with Crippen LogP contribution in [0.4, 0.5) is 0 Å². The van der Waals surface area contributed by atoms with Gasteiger partial charge in [-0.1, -0.05) is 0 Å². The van der Waals surface area contributed by atoms with Crippen LogP contribution >= 0.6 is 27.3 Å². The number of hydrogen-bond acceptors (Lipinski definition) is 3. The number of aromatic carboxylic acids is 1. The van der Waals surface area contributed by atoms with Crippen molar-refractivity contribution in [3.63, 3.8) is 0 Å². The lowest BCUT2D eigenvalue weighted by molar-refractivity contribution is -0.255. The number of carboxylic acids is 1. The molecule has 0 saturated carbocycles. The quantitative estimate of drug-likeness (QED) is 0.684. The van der Waals surface area contributed by atoms with Gasteiger partial charge in [0.1, 0.15) is 0 Å². The highest BCUT2D eigenvalue weighted by Crippen LogP contribution is 2.22. The van der Waals surface area contributed by atoms with E-state index in [0.29, 0.717) is 3.79 Å². The third-order valence-electron chi connectivity index (χ3n) is 0.838. The topological polar surface area (TPSA) is 40.1 Å². The number of hydrogen-bond donors (Lipinski definition) is 0. The Hall–Kier alpha value is -0.350. The van der Waals surface area contributed by atoms with Crippen LogP contribution < -0.4 is 5.11 Å². The van der Waals surface area contributed by atoms with Gasteiger partial charge in [0, 0.05) is 5.56 Å². The van der Waals surface area contributed by atoms with Gasteiger partial charge in [0.2, 0.25) is 0 Å². The predicted molar refractivity (Wildman–Crippen MR) is 36.3 cm³/mol. The van der Waals surface area contributed by atoms with Crippen molar-refractivity contribution in [3.05, 3.63) is 20.8 Å². The molecule has 0 amide bonds. The lowest BCUT2D eigenvalue weighted by atomic mass is 10.4. The maximum absolute atomic E-state index is 10.1. The Morgan fingerprint density at radius 2 is 2.44 bits per heavy atom. The molecule has 0 saturated heterocycles. The van der Waals surface area contributed by atoms with Gasteiger partial charge in [0.05, 0.1) is 9.76 Å². The van der Waals surface area contributed by atoms with Crippen LogP contribution in [0.2, 0.25) is 0 Å². The summed E-state index contributed by atoms with van der Waals surface area (Å²) in [6.07, 6.45) is 0. The first-order chi connectivity index (χ1) is 4.22. The van der Waals surface area contributed by atoms with Crippen LogP contribution in [-0.2, 0) is 0 Å². The van der Waals surface area contributed by atoms with E-state index in [-0.39, 0.29) is 5.56 Å². The molecule has 0 fully saturated rings. The van der Waals surface area contributed by atoms with Crippen molar-refractivity contribution in [2.75, 3.05) is 0 Å². The van der Waals surface area contributed by atoms with Gasteiger partial charge in [0.15, 0.2) is 0 Å². The molecule has 2 nitrogen and oxygen atoms in total. The zero-order chi connectivity index (χ0) is 6.85. The Balaban J connectivity index is 3.08. The summed E-state index contributed by atoms with van der Waals surface area (Å²) in [6, 6.07) is 1.50. The molecule has 1 aromatic heterocycles. The average Bonchev–Trinajstić information content (AvgIpc) is 2.13. The van der Waals surface area contributed by atoms with Crippen LogP contribution in [0.5, 0.6) is 0 Å². The molecule has 0 aliphatic heterocycles. The summed E-state index contributed by atoms with van der Waals surface area (Å²) in [4.78, 5) is 10.1. The molecule has 0 aliphatic carbocycles. The van der Waals surface area contributed by atoms with Crippen LogP contribution in [0.3, 0.4) is 0 Å². The molecule has 0 aliphatic rings. The minimum atomic E-state index is -1.14. The van der Waals surface area contributed by atoms with E-state index in [0.717, 1.165) is 0 Å². The first-order valence-corrected chi connectivity index (χ1v) is 3.83. The van der Waals surface area contributed by atoms with Crippen molar-refractivity contribution in [2.24, 2.45) is 0 Å². The van der Waals surface area contributed by atoms with E-state index in [4.69, 9.17) is 0 Å². The molecule has 1 rings (SSSR count). The Morgan fingerprint density at radius 3 is 2.67 bits per heavy atom. The molecule has 48 valence electrons. The van der Waals surface area contributed by atoms with Crippen molar-refractivity contribution < 1.29 is 9.90 Å². The van der Waals surface area contributed by atoms with E-state index >= 15 is 0 Å². The summed E-state index contributed by atoms with van der Waals surface area (Å²) in [6.45, 7) is 0. The minimum absolute atomic E-state index is 0.222. The third kappa shape index (κ3) is 1.31. The van der Waals surface area contributed by atoms with Crippen molar-refractivity contribution in [1.29, 1.82) is 0 Å². The van der Waals surface area contributed by atoms with Crippen molar-refractivity contribution in [1.82, 2.24) is 0 Å². The Morgan fingerprint density at radius 1 is 1.78 bits per heavy atom. The van der Waals surface area contributed by atoms with Gasteiger partial charge in [-0.3, -0.25) is 0 Å². The molecule has 1 aromatic rings. The van der Waals surface area contributed by atoms with E-state index in [2.05, 4.69) is 15.9 Å². The van der Waals surface area contributed by atoms with Crippen LogP contribution in [0.15, 0.2) is 15.2 Å². The van der Waals surface area contributed by atoms with Crippen molar-refractivity contribution >= 4 is 33.2 Å². The lowest BCUT2D eigenvalue weighted by Crippen LogP contribution is -2.21. The fourth-order valence-corrected chi connectivity index (χ4v) is 1.66. The van der Waals surface area contributed by atoms with Crippen LogP contribution in [0, 0.1) is 0 Å². The zero-order valence-electron chi connectivity index (χ0n) is 4.26. The Labute approximate surface area is 64.3 Å². The summed E-state index contributed by atoms with van der Waals surface area (Å²) in [5.74, 6) is -1.14. The smallest absolute Gasteiger partial charge is 0.0788 e. The second-order valence-corrected chi connectivity index (χ2v) is 3.63. The second kappa shape index (κ2) is 2.49. The van der Waals surface area contributed by atoms with E-state index < -0.39 is 5.97 Å². The summed E-state index contributed by atoms with van der Waals surface area (Å²) >= 11 is 4.39. The van der Waals surface area contributed by atoms with Gasteiger partial charge >= 0.3 is 0 Å². The SMILES string of the molecule is O=C([O-])c1ccsc1Br. The van der Waals surface area contributed by atoms with Crippen LogP contribution in [0.1, 0.15) is 10.4 Å². The van der Waals surface area contributed by atoms with E-state index in [1.165, 1.54) is 17.4 Å². The maximum Gasteiger partial charge on any atom is 0.0788 e. The highest BCUT2D eigenvalue weighted by atomic mass is 79.9. The molecule has 0 radical (unpaired) electrons. The molecule has 1 heterocycles.